The molecule has 0 atom stereocenters. The van der Waals surface area contributed by atoms with E-state index < -0.39 is 0 Å². The molecular formula is C21H26N8O2. The van der Waals surface area contributed by atoms with Crippen LogP contribution >= 0.6 is 0 Å². The van der Waals surface area contributed by atoms with Crippen molar-refractivity contribution in [2.75, 3.05) is 26.7 Å². The predicted octanol–water partition coefficient (Wildman–Crippen LogP) is 1.65. The van der Waals surface area contributed by atoms with E-state index in [0.717, 1.165) is 49.7 Å². The molecule has 162 valence electrons. The first-order valence-corrected chi connectivity index (χ1v) is 10.5. The summed E-state index contributed by atoms with van der Waals surface area (Å²) in [5, 5.41) is 13.2. The van der Waals surface area contributed by atoms with Crippen LogP contribution in [0.3, 0.4) is 0 Å². The third kappa shape index (κ3) is 3.56. The van der Waals surface area contributed by atoms with E-state index in [0.29, 0.717) is 13.1 Å². The number of hydrogen-bond acceptors (Lipinski definition) is 7. The number of carbonyl (C=O) groups is 1. The molecule has 0 N–H and O–H groups in total. The van der Waals surface area contributed by atoms with Gasteiger partial charge in [0.25, 0.3) is 0 Å². The smallest absolute Gasteiger partial charge is 0.409 e. The zero-order chi connectivity index (χ0) is 21.4. The third-order valence-corrected chi connectivity index (χ3v) is 6.33. The Labute approximate surface area is 180 Å². The number of nitrogens with zero attached hydrogens (tertiary/aromatic N) is 8. The number of fused-ring (bicyclic) bond motifs is 2. The Kier molecular flexibility index (Phi) is 4.93. The van der Waals surface area contributed by atoms with Gasteiger partial charge in [0, 0.05) is 62.9 Å². The van der Waals surface area contributed by atoms with Gasteiger partial charge in [-0.25, -0.2) is 4.79 Å². The number of likely N-dealkylation sites (tertiary alicyclic amines) is 1. The zero-order valence-corrected chi connectivity index (χ0v) is 17.8. The van der Waals surface area contributed by atoms with E-state index >= 15 is 0 Å². The molecule has 31 heavy (non-hydrogen) atoms. The highest BCUT2D eigenvalue weighted by Crippen LogP contribution is 2.39. The summed E-state index contributed by atoms with van der Waals surface area (Å²) in [5.41, 5.74) is 1.87. The molecule has 0 aliphatic carbocycles. The second kappa shape index (κ2) is 7.77. The van der Waals surface area contributed by atoms with E-state index in [1.807, 2.05) is 36.3 Å². The number of methoxy groups -OCH3 is 1. The van der Waals surface area contributed by atoms with Gasteiger partial charge >= 0.3 is 6.09 Å². The average Bonchev–Trinajstić information content (AvgIpc) is 3.42. The largest absolute Gasteiger partial charge is 0.453 e. The topological polar surface area (TPSA) is 94.2 Å². The van der Waals surface area contributed by atoms with E-state index in [2.05, 4.69) is 35.9 Å². The summed E-state index contributed by atoms with van der Waals surface area (Å²) >= 11 is 0. The van der Waals surface area contributed by atoms with Crippen molar-refractivity contribution in [3.05, 3.63) is 48.3 Å². The SMILES string of the molecule is COC(=O)N1Cc2nnc(-c3cccnc3)n2C2(CCN(Cc3cnn(C)c3)CC2)C1. The predicted molar refractivity (Wildman–Crippen MR) is 112 cm³/mol. The average molecular weight is 422 g/mol. The van der Waals surface area contributed by atoms with Gasteiger partial charge in [-0.1, -0.05) is 0 Å². The number of hydrogen-bond donors (Lipinski definition) is 0. The molecule has 1 saturated heterocycles. The fourth-order valence-electron chi connectivity index (χ4n) is 4.83. The molecule has 0 aromatic carbocycles. The van der Waals surface area contributed by atoms with Crippen molar-refractivity contribution in [3.63, 3.8) is 0 Å². The van der Waals surface area contributed by atoms with Crippen LogP contribution in [0.4, 0.5) is 4.79 Å². The third-order valence-electron chi connectivity index (χ3n) is 6.33. The van der Waals surface area contributed by atoms with Crippen LogP contribution in [0.5, 0.6) is 0 Å². The van der Waals surface area contributed by atoms with Crippen molar-refractivity contribution in [1.29, 1.82) is 0 Å². The van der Waals surface area contributed by atoms with Crippen molar-refractivity contribution in [2.24, 2.45) is 7.05 Å². The maximum Gasteiger partial charge on any atom is 0.409 e. The molecule has 10 nitrogen and oxygen atoms in total. The van der Waals surface area contributed by atoms with E-state index in [1.165, 1.54) is 12.7 Å². The molecule has 1 amide bonds. The molecule has 0 saturated carbocycles. The van der Waals surface area contributed by atoms with Gasteiger partial charge in [-0.3, -0.25) is 19.5 Å². The molecule has 5 heterocycles. The zero-order valence-electron chi connectivity index (χ0n) is 17.8. The van der Waals surface area contributed by atoms with Gasteiger partial charge in [0.15, 0.2) is 11.6 Å². The first-order chi connectivity index (χ1) is 15.1. The number of carbonyl (C=O) groups excluding carboxylic acids is 1. The van der Waals surface area contributed by atoms with Gasteiger partial charge < -0.3 is 9.30 Å². The lowest BCUT2D eigenvalue weighted by molar-refractivity contribution is 0.0341. The number of aryl methyl sites for hydroxylation is 1. The van der Waals surface area contributed by atoms with E-state index in [1.54, 1.807) is 11.1 Å². The molecule has 0 bridgehead atoms. The first kappa shape index (κ1) is 19.7. The lowest BCUT2D eigenvalue weighted by Gasteiger charge is -2.48. The molecule has 3 aromatic heterocycles. The lowest BCUT2D eigenvalue weighted by Crippen LogP contribution is -2.57. The van der Waals surface area contributed by atoms with Crippen LogP contribution in [0.15, 0.2) is 36.9 Å². The minimum atomic E-state index is -0.325. The Hall–Kier alpha value is -3.27. The lowest BCUT2D eigenvalue weighted by atomic mass is 9.84. The minimum Gasteiger partial charge on any atom is -0.453 e. The van der Waals surface area contributed by atoms with Crippen LogP contribution in [0, 0.1) is 0 Å². The highest BCUT2D eigenvalue weighted by atomic mass is 16.5. The summed E-state index contributed by atoms with van der Waals surface area (Å²) < 4.78 is 9.12. The van der Waals surface area contributed by atoms with Crippen molar-refractivity contribution < 1.29 is 9.53 Å². The van der Waals surface area contributed by atoms with Gasteiger partial charge in [0.05, 0.1) is 25.4 Å². The summed E-state index contributed by atoms with van der Waals surface area (Å²) in [6.45, 7) is 3.66. The molecule has 10 heteroatoms. The number of amides is 1. The normalized spacial score (nSPS) is 18.2. The highest BCUT2D eigenvalue weighted by molar-refractivity contribution is 5.68. The van der Waals surface area contributed by atoms with Crippen LogP contribution in [0.1, 0.15) is 24.2 Å². The highest BCUT2D eigenvalue weighted by Gasteiger charge is 2.45. The van der Waals surface area contributed by atoms with E-state index in [9.17, 15) is 4.79 Å². The fraction of sp³-hybridized carbons (Fsp3) is 0.476. The number of pyridine rings is 1. The molecule has 1 fully saturated rings. The van der Waals surface area contributed by atoms with Gasteiger partial charge in [-0.15, -0.1) is 10.2 Å². The second-order valence-corrected chi connectivity index (χ2v) is 8.37. The number of piperidine rings is 1. The van der Waals surface area contributed by atoms with Crippen molar-refractivity contribution >= 4 is 6.09 Å². The van der Waals surface area contributed by atoms with Gasteiger partial charge in [-0.05, 0) is 25.0 Å². The summed E-state index contributed by atoms with van der Waals surface area (Å²) in [5.74, 6) is 1.60. The summed E-state index contributed by atoms with van der Waals surface area (Å²) in [7, 11) is 3.36. The number of aromatic nitrogens is 6. The van der Waals surface area contributed by atoms with Crippen LogP contribution in [0.2, 0.25) is 0 Å². The Morgan fingerprint density at radius 3 is 2.74 bits per heavy atom. The summed E-state index contributed by atoms with van der Waals surface area (Å²) in [6, 6.07) is 3.91. The molecule has 2 aliphatic rings. The van der Waals surface area contributed by atoms with Crippen molar-refractivity contribution in [1.82, 2.24) is 39.3 Å². The van der Waals surface area contributed by atoms with Gasteiger partial charge in [0.2, 0.25) is 0 Å². The van der Waals surface area contributed by atoms with Crippen LogP contribution in [-0.4, -0.2) is 72.2 Å². The van der Waals surface area contributed by atoms with Crippen LogP contribution < -0.4 is 0 Å². The Morgan fingerprint density at radius 1 is 1.23 bits per heavy atom. The Morgan fingerprint density at radius 2 is 2.06 bits per heavy atom. The Balaban J connectivity index is 1.46. The standard InChI is InChI=1S/C21H26N8O2/c1-26-12-16(10-23-26)13-27-8-5-21(6-9-27)15-28(20(30)31-2)14-18-24-25-19(29(18)21)17-4-3-7-22-11-17/h3-4,7,10-12H,5-6,8-9,13-15H2,1-2H3. The number of rotatable bonds is 3. The first-order valence-electron chi connectivity index (χ1n) is 10.5. The molecular weight excluding hydrogens is 396 g/mol. The van der Waals surface area contributed by atoms with Crippen molar-refractivity contribution in [2.45, 2.75) is 31.5 Å². The monoisotopic (exact) mass is 422 g/mol. The van der Waals surface area contributed by atoms with Gasteiger partial charge in [-0.2, -0.15) is 5.10 Å². The molecule has 3 aromatic rings. The summed E-state index contributed by atoms with van der Waals surface area (Å²) in [4.78, 5) is 20.8. The molecule has 1 spiro atoms. The maximum absolute atomic E-state index is 12.4. The minimum absolute atomic E-state index is 0.276. The molecule has 0 unspecified atom stereocenters. The Bertz CT molecular complexity index is 1070. The molecule has 0 radical (unpaired) electrons. The van der Waals surface area contributed by atoms with Gasteiger partial charge in [0.1, 0.15) is 0 Å². The molecule has 2 aliphatic heterocycles. The van der Waals surface area contributed by atoms with Crippen LogP contribution in [-0.2, 0) is 30.4 Å². The fourth-order valence-corrected chi connectivity index (χ4v) is 4.83. The number of ether oxygens (including phenoxy) is 1. The van der Waals surface area contributed by atoms with Crippen LogP contribution in [0.25, 0.3) is 11.4 Å². The maximum atomic E-state index is 12.4. The quantitative estimate of drug-likeness (QED) is 0.633. The van der Waals surface area contributed by atoms with E-state index in [-0.39, 0.29) is 11.6 Å². The molecule has 5 rings (SSSR count). The van der Waals surface area contributed by atoms with E-state index in [4.69, 9.17) is 4.74 Å². The summed E-state index contributed by atoms with van der Waals surface area (Å²) in [6.07, 6.45) is 9.00. The van der Waals surface area contributed by atoms with Crippen molar-refractivity contribution in [3.8, 4) is 11.4 Å². The second-order valence-electron chi connectivity index (χ2n) is 8.37.